The minimum absolute atomic E-state index is 0.0703. The quantitative estimate of drug-likeness (QED) is 0.0286. The standard InChI is InChI=1S/C41H82NO8P/c1-6-8-10-12-14-16-18-20-22-24-26-28-30-33-40(43)47-37-39(38-49-51(45,46)48-36-32-35-42(3,4)5)50-41(44)34-31-29-27-25-23-21-19-17-15-13-11-9-7-2/h39H,6-38H2,1-5H3/p+1. The number of hydrogen-bond donors (Lipinski definition) is 1. The highest BCUT2D eigenvalue weighted by molar-refractivity contribution is 7.47. The van der Waals surface area contributed by atoms with Crippen LogP contribution in [0.1, 0.15) is 200 Å². The van der Waals surface area contributed by atoms with E-state index in [1.165, 1.54) is 128 Å². The van der Waals surface area contributed by atoms with Gasteiger partial charge in [-0.15, -0.1) is 0 Å². The van der Waals surface area contributed by atoms with E-state index in [1.807, 2.05) is 21.1 Å². The van der Waals surface area contributed by atoms with Crippen LogP contribution in [0.3, 0.4) is 0 Å². The molecule has 0 amide bonds. The first-order valence-electron chi connectivity index (χ1n) is 21.3. The zero-order chi connectivity index (χ0) is 37.9. The van der Waals surface area contributed by atoms with Gasteiger partial charge in [-0.1, -0.05) is 168 Å². The van der Waals surface area contributed by atoms with E-state index >= 15 is 0 Å². The van der Waals surface area contributed by atoms with Gasteiger partial charge in [-0.05, 0) is 12.8 Å². The predicted octanol–water partition coefficient (Wildman–Crippen LogP) is 11.6. The van der Waals surface area contributed by atoms with Crippen molar-refractivity contribution < 1.29 is 42.1 Å². The van der Waals surface area contributed by atoms with E-state index in [9.17, 15) is 19.0 Å². The number of nitrogens with zero attached hydrogens (tertiary/aromatic N) is 1. The van der Waals surface area contributed by atoms with Gasteiger partial charge in [0.15, 0.2) is 6.10 Å². The van der Waals surface area contributed by atoms with E-state index in [0.717, 1.165) is 45.1 Å². The minimum Gasteiger partial charge on any atom is -0.462 e. The number of carbonyl (C=O) groups is 2. The molecule has 0 aliphatic heterocycles. The van der Waals surface area contributed by atoms with Gasteiger partial charge in [0.2, 0.25) is 0 Å². The fourth-order valence-corrected chi connectivity index (χ4v) is 6.92. The zero-order valence-electron chi connectivity index (χ0n) is 34.1. The van der Waals surface area contributed by atoms with Gasteiger partial charge in [0.1, 0.15) is 6.61 Å². The predicted molar refractivity (Wildman–Crippen MR) is 211 cm³/mol. The lowest BCUT2D eigenvalue weighted by Gasteiger charge is -2.24. The van der Waals surface area contributed by atoms with E-state index in [2.05, 4.69) is 13.8 Å². The SMILES string of the molecule is CCCCCCCCCCCCCCCC(=O)OCC(COP(=O)(O)OCCC[N+](C)(C)C)OC(=O)CCCCCCCCCCCCCCC. The second-order valence-electron chi connectivity index (χ2n) is 15.7. The van der Waals surface area contributed by atoms with Crippen molar-refractivity contribution >= 4 is 19.8 Å². The van der Waals surface area contributed by atoms with Crippen molar-refractivity contribution in [2.24, 2.45) is 0 Å². The lowest BCUT2D eigenvalue weighted by atomic mass is 10.0. The highest BCUT2D eigenvalue weighted by atomic mass is 31.2. The van der Waals surface area contributed by atoms with E-state index in [-0.39, 0.29) is 32.2 Å². The number of hydrogen-bond acceptors (Lipinski definition) is 7. The third-order valence-electron chi connectivity index (χ3n) is 9.35. The second kappa shape index (κ2) is 34.8. The molecule has 0 radical (unpaired) electrons. The van der Waals surface area contributed by atoms with Gasteiger partial charge < -0.3 is 18.9 Å². The normalized spacial score (nSPS) is 13.6. The molecule has 1 N–H and O–H groups in total. The number of esters is 2. The van der Waals surface area contributed by atoms with Crippen molar-refractivity contribution in [3.05, 3.63) is 0 Å². The largest absolute Gasteiger partial charge is 0.472 e. The maximum absolute atomic E-state index is 12.7. The summed E-state index contributed by atoms with van der Waals surface area (Å²) in [7, 11) is 1.75. The third-order valence-corrected chi connectivity index (χ3v) is 10.3. The molecule has 0 saturated heterocycles. The van der Waals surface area contributed by atoms with Crippen LogP contribution in [0, 0.1) is 0 Å². The Labute approximate surface area is 314 Å². The van der Waals surface area contributed by atoms with Gasteiger partial charge in [-0.3, -0.25) is 18.6 Å². The molecule has 51 heavy (non-hydrogen) atoms. The molecular formula is C41H83NO8P+. The minimum atomic E-state index is -4.35. The van der Waals surface area contributed by atoms with Crippen LogP contribution in [0.5, 0.6) is 0 Å². The highest BCUT2D eigenvalue weighted by Crippen LogP contribution is 2.43. The number of unbranched alkanes of at least 4 members (excludes halogenated alkanes) is 24. The summed E-state index contributed by atoms with van der Waals surface area (Å²) < 4.78 is 34.5. The summed E-state index contributed by atoms with van der Waals surface area (Å²) in [4.78, 5) is 35.3. The van der Waals surface area contributed by atoms with Crippen LogP contribution in [-0.2, 0) is 32.7 Å². The number of phosphoric acid groups is 1. The average molecular weight is 749 g/mol. The molecule has 0 bridgehead atoms. The van der Waals surface area contributed by atoms with Crippen molar-refractivity contribution in [1.29, 1.82) is 0 Å². The summed E-state index contributed by atoms with van der Waals surface area (Å²) in [6, 6.07) is 0. The summed E-state index contributed by atoms with van der Waals surface area (Å²) in [5.41, 5.74) is 0. The van der Waals surface area contributed by atoms with E-state index in [1.54, 1.807) is 0 Å². The van der Waals surface area contributed by atoms with E-state index in [4.69, 9.17) is 18.5 Å². The summed E-state index contributed by atoms with van der Waals surface area (Å²) in [5.74, 6) is -0.782. The van der Waals surface area contributed by atoms with E-state index in [0.29, 0.717) is 17.3 Å². The van der Waals surface area contributed by atoms with Gasteiger partial charge in [0.05, 0.1) is 40.9 Å². The highest BCUT2D eigenvalue weighted by Gasteiger charge is 2.26. The first-order chi connectivity index (χ1) is 24.5. The Hall–Kier alpha value is -0.990. The fraction of sp³-hybridized carbons (Fsp3) is 0.951. The van der Waals surface area contributed by atoms with Crippen LogP contribution in [0.4, 0.5) is 0 Å². The van der Waals surface area contributed by atoms with Crippen molar-refractivity contribution in [3.8, 4) is 0 Å². The van der Waals surface area contributed by atoms with Gasteiger partial charge >= 0.3 is 19.8 Å². The third kappa shape index (κ3) is 38.5. The molecule has 0 saturated carbocycles. The average Bonchev–Trinajstić information content (AvgIpc) is 3.08. The van der Waals surface area contributed by atoms with Crippen LogP contribution >= 0.6 is 7.82 Å². The summed E-state index contributed by atoms with van der Waals surface area (Å²) >= 11 is 0. The molecule has 0 aliphatic carbocycles. The molecule has 0 aromatic heterocycles. The second-order valence-corrected chi connectivity index (χ2v) is 17.2. The Kier molecular flexibility index (Phi) is 34.1. The number of phosphoric ester groups is 1. The molecule has 0 aromatic carbocycles. The molecule has 2 atom stereocenters. The van der Waals surface area contributed by atoms with Crippen LogP contribution in [0.15, 0.2) is 0 Å². The molecule has 0 heterocycles. The van der Waals surface area contributed by atoms with Crippen LogP contribution in [0.2, 0.25) is 0 Å². The number of rotatable bonds is 39. The topological polar surface area (TPSA) is 108 Å². The molecule has 0 aromatic rings. The molecule has 0 spiro atoms. The van der Waals surface area contributed by atoms with Crippen LogP contribution in [0.25, 0.3) is 0 Å². The van der Waals surface area contributed by atoms with Gasteiger partial charge in [0.25, 0.3) is 0 Å². The first kappa shape index (κ1) is 50.0. The van der Waals surface area contributed by atoms with Crippen LogP contribution in [-0.4, -0.2) is 74.9 Å². The molecule has 0 rings (SSSR count). The molecule has 10 heteroatoms. The van der Waals surface area contributed by atoms with Gasteiger partial charge in [-0.2, -0.15) is 0 Å². The smallest absolute Gasteiger partial charge is 0.462 e. The van der Waals surface area contributed by atoms with Crippen molar-refractivity contribution in [1.82, 2.24) is 0 Å². The fourth-order valence-electron chi connectivity index (χ4n) is 6.13. The van der Waals surface area contributed by atoms with Crippen LogP contribution < -0.4 is 0 Å². The Morgan fingerprint density at radius 3 is 1.29 bits per heavy atom. The monoisotopic (exact) mass is 749 g/mol. The van der Waals surface area contributed by atoms with Crippen molar-refractivity contribution in [2.45, 2.75) is 206 Å². The number of carbonyl (C=O) groups excluding carboxylic acids is 2. The molecular weight excluding hydrogens is 665 g/mol. The van der Waals surface area contributed by atoms with Gasteiger partial charge in [0, 0.05) is 19.3 Å². The Morgan fingerprint density at radius 1 is 0.529 bits per heavy atom. The van der Waals surface area contributed by atoms with E-state index < -0.39 is 19.9 Å². The number of quaternary nitrogens is 1. The first-order valence-corrected chi connectivity index (χ1v) is 22.8. The molecule has 0 fully saturated rings. The number of ether oxygens (including phenoxy) is 2. The lowest BCUT2D eigenvalue weighted by molar-refractivity contribution is -0.870. The maximum atomic E-state index is 12.7. The maximum Gasteiger partial charge on any atom is 0.472 e. The van der Waals surface area contributed by atoms with Crippen molar-refractivity contribution in [3.63, 3.8) is 0 Å². The zero-order valence-corrected chi connectivity index (χ0v) is 35.0. The Morgan fingerprint density at radius 2 is 0.902 bits per heavy atom. The summed E-state index contributed by atoms with van der Waals surface area (Å²) in [6.07, 6.45) is 32.0. The molecule has 304 valence electrons. The summed E-state index contributed by atoms with van der Waals surface area (Å²) in [5, 5.41) is 0. The summed E-state index contributed by atoms with van der Waals surface area (Å²) in [6.45, 7) is 4.74. The Balaban J connectivity index is 4.40. The molecule has 9 nitrogen and oxygen atoms in total. The molecule has 0 aliphatic rings. The van der Waals surface area contributed by atoms with Crippen molar-refractivity contribution in [2.75, 3.05) is 47.5 Å². The lowest BCUT2D eigenvalue weighted by Crippen LogP contribution is -2.35. The Bertz CT molecular complexity index is 850. The molecule has 2 unspecified atom stereocenters. The van der Waals surface area contributed by atoms with Gasteiger partial charge in [-0.25, -0.2) is 4.57 Å².